The molecular formula is C10H11F3N2O2. The molecule has 0 spiro atoms. The van der Waals surface area contributed by atoms with Crippen molar-refractivity contribution in [1.29, 1.82) is 0 Å². The van der Waals surface area contributed by atoms with Gasteiger partial charge in [0.1, 0.15) is 6.54 Å². The maximum atomic E-state index is 12.0. The summed E-state index contributed by atoms with van der Waals surface area (Å²) < 4.78 is 41.4. The van der Waals surface area contributed by atoms with Crippen molar-refractivity contribution in [2.75, 3.05) is 6.61 Å². The average molecular weight is 248 g/mol. The molecule has 0 atom stereocenters. The van der Waals surface area contributed by atoms with Crippen LogP contribution in [0.25, 0.3) is 6.08 Å². The molecule has 0 radical (unpaired) electrons. The number of aromatic nitrogens is 2. The molecule has 94 valence electrons. The highest BCUT2D eigenvalue weighted by molar-refractivity contribution is 5.86. The van der Waals surface area contributed by atoms with Crippen LogP contribution in [0.5, 0.6) is 0 Å². The zero-order valence-corrected chi connectivity index (χ0v) is 9.07. The van der Waals surface area contributed by atoms with Crippen LogP contribution >= 0.6 is 0 Å². The molecule has 0 fully saturated rings. The van der Waals surface area contributed by atoms with Gasteiger partial charge in [0.2, 0.25) is 0 Å². The quantitative estimate of drug-likeness (QED) is 0.604. The summed E-state index contributed by atoms with van der Waals surface area (Å²) in [5, 5.41) is 3.52. The summed E-state index contributed by atoms with van der Waals surface area (Å²) in [6.07, 6.45) is 0.606. The number of alkyl halides is 3. The maximum absolute atomic E-state index is 12.0. The number of carbonyl (C=O) groups is 1. The van der Waals surface area contributed by atoms with E-state index >= 15 is 0 Å². The predicted molar refractivity (Wildman–Crippen MR) is 53.9 cm³/mol. The summed E-state index contributed by atoms with van der Waals surface area (Å²) in [4.78, 5) is 10.9. The molecule has 1 heterocycles. The smallest absolute Gasteiger partial charge is 0.408 e. The highest BCUT2D eigenvalue weighted by Gasteiger charge is 2.28. The summed E-state index contributed by atoms with van der Waals surface area (Å²) in [5.41, 5.74) is 0.405. The highest BCUT2D eigenvalue weighted by atomic mass is 19.4. The number of rotatable bonds is 4. The lowest BCUT2D eigenvalue weighted by Gasteiger charge is -2.04. The number of ether oxygens (including phenoxy) is 1. The van der Waals surface area contributed by atoms with Crippen LogP contribution in [0, 0.1) is 0 Å². The van der Waals surface area contributed by atoms with Gasteiger partial charge in [0.25, 0.3) is 0 Å². The summed E-state index contributed by atoms with van der Waals surface area (Å²) >= 11 is 0. The van der Waals surface area contributed by atoms with Crippen molar-refractivity contribution in [1.82, 2.24) is 9.78 Å². The summed E-state index contributed by atoms with van der Waals surface area (Å²) in [7, 11) is 0. The number of nitrogens with zero attached hydrogens (tertiary/aromatic N) is 2. The molecule has 0 aromatic carbocycles. The first kappa shape index (κ1) is 13.3. The van der Waals surface area contributed by atoms with Crippen molar-refractivity contribution in [2.24, 2.45) is 0 Å². The van der Waals surface area contributed by atoms with Gasteiger partial charge in [-0.2, -0.15) is 18.3 Å². The number of carbonyl (C=O) groups excluding carboxylic acids is 1. The Labute approximate surface area is 95.7 Å². The lowest BCUT2D eigenvalue weighted by molar-refractivity contribution is -0.142. The monoisotopic (exact) mass is 248 g/mol. The van der Waals surface area contributed by atoms with Crippen LogP contribution in [0.4, 0.5) is 13.2 Å². The molecule has 0 unspecified atom stereocenters. The molecule has 0 aliphatic heterocycles. The van der Waals surface area contributed by atoms with Crippen molar-refractivity contribution in [3.8, 4) is 0 Å². The first-order valence-electron chi connectivity index (χ1n) is 4.85. The van der Waals surface area contributed by atoms with Crippen LogP contribution in [0.15, 0.2) is 18.5 Å². The lowest BCUT2D eigenvalue weighted by atomic mass is 10.3. The number of hydrogen-bond acceptors (Lipinski definition) is 3. The minimum atomic E-state index is -4.31. The van der Waals surface area contributed by atoms with E-state index in [2.05, 4.69) is 9.84 Å². The fourth-order valence-corrected chi connectivity index (χ4v) is 1.09. The Hall–Kier alpha value is -1.79. The van der Waals surface area contributed by atoms with Gasteiger partial charge >= 0.3 is 12.1 Å². The molecular weight excluding hydrogens is 237 g/mol. The molecule has 1 rings (SSSR count). The largest absolute Gasteiger partial charge is 0.463 e. The van der Waals surface area contributed by atoms with E-state index in [4.69, 9.17) is 0 Å². The summed E-state index contributed by atoms with van der Waals surface area (Å²) in [5.74, 6) is -0.545. The SMILES string of the molecule is CCOC(=O)/C=C/c1cnn(CC(F)(F)F)c1. The van der Waals surface area contributed by atoms with E-state index in [9.17, 15) is 18.0 Å². The summed E-state index contributed by atoms with van der Waals surface area (Å²) in [6, 6.07) is 0. The second-order valence-electron chi connectivity index (χ2n) is 3.17. The number of hydrogen-bond donors (Lipinski definition) is 0. The fraction of sp³-hybridized carbons (Fsp3) is 0.400. The first-order valence-corrected chi connectivity index (χ1v) is 4.85. The number of esters is 1. The van der Waals surface area contributed by atoms with Gasteiger partial charge in [-0.25, -0.2) is 4.79 Å². The molecule has 4 nitrogen and oxygen atoms in total. The van der Waals surface area contributed by atoms with Crippen LogP contribution in [0.2, 0.25) is 0 Å². The second-order valence-corrected chi connectivity index (χ2v) is 3.17. The van der Waals surface area contributed by atoms with Crippen LogP contribution in [0.3, 0.4) is 0 Å². The van der Waals surface area contributed by atoms with Gasteiger partial charge in [0.15, 0.2) is 0 Å². The highest BCUT2D eigenvalue weighted by Crippen LogP contribution is 2.17. The van der Waals surface area contributed by atoms with E-state index in [1.165, 1.54) is 18.5 Å². The Morgan fingerprint density at radius 3 is 2.88 bits per heavy atom. The Bertz CT molecular complexity index is 410. The van der Waals surface area contributed by atoms with E-state index in [1.54, 1.807) is 6.92 Å². The van der Waals surface area contributed by atoms with Crippen molar-refractivity contribution < 1.29 is 22.7 Å². The molecule has 7 heteroatoms. The maximum Gasteiger partial charge on any atom is 0.408 e. The average Bonchev–Trinajstić information content (AvgIpc) is 2.60. The zero-order chi connectivity index (χ0) is 12.9. The first-order chi connectivity index (χ1) is 7.90. The molecule has 0 saturated heterocycles. The van der Waals surface area contributed by atoms with E-state index in [1.807, 2.05) is 0 Å². The fourth-order valence-electron chi connectivity index (χ4n) is 1.09. The number of halogens is 3. The van der Waals surface area contributed by atoms with E-state index in [-0.39, 0.29) is 6.61 Å². The summed E-state index contributed by atoms with van der Waals surface area (Å²) in [6.45, 7) is 0.754. The lowest BCUT2D eigenvalue weighted by Crippen LogP contribution is -2.17. The van der Waals surface area contributed by atoms with Gasteiger partial charge in [-0.15, -0.1) is 0 Å². The third kappa shape index (κ3) is 5.19. The zero-order valence-electron chi connectivity index (χ0n) is 9.07. The topological polar surface area (TPSA) is 44.1 Å². The van der Waals surface area contributed by atoms with Crippen LogP contribution in [-0.4, -0.2) is 28.5 Å². The molecule has 0 saturated carbocycles. The molecule has 17 heavy (non-hydrogen) atoms. The third-order valence-electron chi connectivity index (χ3n) is 1.69. The van der Waals surface area contributed by atoms with Gasteiger partial charge in [0.05, 0.1) is 12.8 Å². The molecule has 0 amide bonds. The molecule has 1 aromatic heterocycles. The Kier molecular flexibility index (Phi) is 4.30. The van der Waals surface area contributed by atoms with Gasteiger partial charge in [-0.3, -0.25) is 4.68 Å². The van der Waals surface area contributed by atoms with Crippen molar-refractivity contribution >= 4 is 12.0 Å². The Morgan fingerprint density at radius 1 is 1.59 bits per heavy atom. The van der Waals surface area contributed by atoms with Gasteiger partial charge in [-0.1, -0.05) is 0 Å². The molecule has 0 aliphatic carbocycles. The van der Waals surface area contributed by atoms with Crippen LogP contribution < -0.4 is 0 Å². The van der Waals surface area contributed by atoms with E-state index < -0.39 is 18.7 Å². The van der Waals surface area contributed by atoms with Gasteiger partial charge in [-0.05, 0) is 13.0 Å². The normalized spacial score (nSPS) is 12.0. The minimum absolute atomic E-state index is 0.247. The Balaban J connectivity index is 2.60. The predicted octanol–water partition coefficient (Wildman–Crippen LogP) is 2.02. The van der Waals surface area contributed by atoms with E-state index in [0.29, 0.717) is 5.56 Å². The van der Waals surface area contributed by atoms with Crippen molar-refractivity contribution in [3.63, 3.8) is 0 Å². The van der Waals surface area contributed by atoms with Crippen LogP contribution in [0.1, 0.15) is 12.5 Å². The second kappa shape index (κ2) is 5.51. The molecule has 1 aromatic rings. The molecule has 0 bridgehead atoms. The van der Waals surface area contributed by atoms with Gasteiger partial charge in [0, 0.05) is 17.8 Å². The minimum Gasteiger partial charge on any atom is -0.463 e. The third-order valence-corrected chi connectivity index (χ3v) is 1.69. The molecule has 0 N–H and O–H groups in total. The van der Waals surface area contributed by atoms with Crippen molar-refractivity contribution in [3.05, 3.63) is 24.0 Å². The van der Waals surface area contributed by atoms with Crippen LogP contribution in [-0.2, 0) is 16.1 Å². The van der Waals surface area contributed by atoms with Crippen molar-refractivity contribution in [2.45, 2.75) is 19.6 Å². The van der Waals surface area contributed by atoms with Gasteiger partial charge < -0.3 is 4.74 Å². The van der Waals surface area contributed by atoms with E-state index in [0.717, 1.165) is 10.8 Å². The Morgan fingerprint density at radius 2 is 2.29 bits per heavy atom. The molecule has 0 aliphatic rings. The standard InChI is InChI=1S/C10H11F3N2O2/c1-2-17-9(16)4-3-8-5-14-15(6-8)7-10(11,12)13/h3-6H,2,7H2,1H3/b4-3+.